The van der Waals surface area contributed by atoms with Crippen molar-refractivity contribution in [1.82, 2.24) is 0 Å². The molecule has 0 aliphatic carbocycles. The van der Waals surface area contributed by atoms with Crippen LogP contribution in [0, 0.1) is 11.3 Å². The Balaban J connectivity index is 2.48. The number of rotatable bonds is 4. The number of aliphatic carboxylic acids is 1. The zero-order chi connectivity index (χ0) is 15.4. The lowest BCUT2D eigenvalue weighted by Crippen LogP contribution is -2.01. The Hall–Kier alpha value is -2.51. The number of carboxylic acid groups (broad SMARTS) is 1. The molecule has 0 radical (unpaired) electrons. The molecule has 0 atom stereocenters. The third-order valence-corrected chi connectivity index (χ3v) is 3.23. The lowest BCUT2D eigenvalue weighted by Gasteiger charge is -2.03. The highest BCUT2D eigenvalue weighted by molar-refractivity contribution is 6.30. The molecule has 1 heterocycles. The summed E-state index contributed by atoms with van der Waals surface area (Å²) in [5.41, 5.74) is 0.862. The van der Waals surface area contributed by atoms with E-state index in [9.17, 15) is 4.79 Å². The Kier molecular flexibility index (Phi) is 4.46. The van der Waals surface area contributed by atoms with E-state index in [-0.39, 0.29) is 5.57 Å². The average Bonchev–Trinajstić information content (AvgIpc) is 2.93. The van der Waals surface area contributed by atoms with Crippen molar-refractivity contribution in [2.24, 2.45) is 0 Å². The van der Waals surface area contributed by atoms with Gasteiger partial charge in [-0.2, -0.15) is 5.26 Å². The van der Waals surface area contributed by atoms with E-state index in [1.165, 1.54) is 0 Å². The van der Waals surface area contributed by atoms with Crippen LogP contribution in [-0.4, -0.2) is 11.1 Å². The van der Waals surface area contributed by atoms with Crippen molar-refractivity contribution < 1.29 is 14.3 Å². The number of carboxylic acids is 1. The first-order valence-corrected chi connectivity index (χ1v) is 6.67. The minimum atomic E-state index is -1.25. The molecule has 1 N–H and O–H groups in total. The van der Waals surface area contributed by atoms with Crippen molar-refractivity contribution in [3.63, 3.8) is 0 Å². The number of benzene rings is 1. The minimum absolute atomic E-state index is 0.301. The van der Waals surface area contributed by atoms with Gasteiger partial charge in [-0.25, -0.2) is 4.79 Å². The minimum Gasteiger partial charge on any atom is -0.477 e. The molecule has 0 spiro atoms. The second-order valence-corrected chi connectivity index (χ2v) is 4.73. The van der Waals surface area contributed by atoms with Crippen molar-refractivity contribution in [3.8, 4) is 17.4 Å². The van der Waals surface area contributed by atoms with Crippen LogP contribution in [-0.2, 0) is 4.79 Å². The molecule has 2 rings (SSSR count). The quantitative estimate of drug-likeness (QED) is 0.672. The topological polar surface area (TPSA) is 74.2 Å². The van der Waals surface area contributed by atoms with Gasteiger partial charge in [0.15, 0.2) is 0 Å². The Labute approximate surface area is 126 Å². The van der Waals surface area contributed by atoms with Gasteiger partial charge in [-0.3, -0.25) is 0 Å². The number of nitrogens with zero attached hydrogens (tertiary/aromatic N) is 1. The lowest BCUT2D eigenvalue weighted by molar-refractivity contribution is -0.132. The number of hydrogen-bond donors (Lipinski definition) is 1. The number of hydrogen-bond acceptors (Lipinski definition) is 3. The zero-order valence-electron chi connectivity index (χ0n) is 11.3. The summed E-state index contributed by atoms with van der Waals surface area (Å²) in [5, 5.41) is 18.6. The first-order valence-electron chi connectivity index (χ1n) is 6.29. The Morgan fingerprint density at radius 3 is 2.71 bits per heavy atom. The van der Waals surface area contributed by atoms with Crippen LogP contribution < -0.4 is 0 Å². The molecule has 2 aromatic rings. The Morgan fingerprint density at radius 1 is 1.38 bits per heavy atom. The fourth-order valence-electron chi connectivity index (χ4n) is 2.02. The highest BCUT2D eigenvalue weighted by Crippen LogP contribution is 2.30. The van der Waals surface area contributed by atoms with Gasteiger partial charge in [0.05, 0.1) is 0 Å². The molecule has 0 fully saturated rings. The highest BCUT2D eigenvalue weighted by atomic mass is 35.5. The molecule has 0 bridgehead atoms. The second-order valence-electron chi connectivity index (χ2n) is 4.30. The van der Waals surface area contributed by atoms with Gasteiger partial charge in [-0.05, 0) is 30.7 Å². The zero-order valence-corrected chi connectivity index (χ0v) is 12.0. The number of halogens is 1. The predicted octanol–water partition coefficient (Wildman–Crippen LogP) is 4.37. The van der Waals surface area contributed by atoms with Crippen LogP contribution in [0.25, 0.3) is 16.9 Å². The van der Waals surface area contributed by atoms with Gasteiger partial charge >= 0.3 is 5.97 Å². The normalized spacial score (nSPS) is 11.7. The molecule has 1 aromatic carbocycles. The van der Waals surface area contributed by atoms with Crippen LogP contribution >= 0.6 is 11.6 Å². The summed E-state index contributed by atoms with van der Waals surface area (Å²) in [4.78, 5) is 11.1. The van der Waals surface area contributed by atoms with E-state index in [2.05, 4.69) is 0 Å². The van der Waals surface area contributed by atoms with Gasteiger partial charge in [0.2, 0.25) is 0 Å². The maximum atomic E-state index is 11.1. The van der Waals surface area contributed by atoms with Crippen LogP contribution in [0.5, 0.6) is 0 Å². The Bertz CT molecular complexity index is 753. The molecule has 0 unspecified atom stereocenters. The van der Waals surface area contributed by atoms with E-state index >= 15 is 0 Å². The SMILES string of the molecule is CCC(=C(C#N)C(=O)O)c1ccc(-c2cccc(Cl)c2)o1. The van der Waals surface area contributed by atoms with Crippen LogP contribution in [0.15, 0.2) is 46.4 Å². The van der Waals surface area contributed by atoms with E-state index in [0.29, 0.717) is 28.5 Å². The van der Waals surface area contributed by atoms with Gasteiger partial charge < -0.3 is 9.52 Å². The number of allylic oxidation sites excluding steroid dienone is 1. The molecule has 21 heavy (non-hydrogen) atoms. The maximum Gasteiger partial charge on any atom is 0.346 e. The van der Waals surface area contributed by atoms with E-state index in [1.807, 2.05) is 6.07 Å². The molecule has 106 valence electrons. The van der Waals surface area contributed by atoms with Gasteiger partial charge in [0, 0.05) is 16.2 Å². The van der Waals surface area contributed by atoms with Gasteiger partial charge in [0.1, 0.15) is 23.2 Å². The molecule has 0 aliphatic heterocycles. The van der Waals surface area contributed by atoms with Crippen molar-refractivity contribution in [2.75, 3.05) is 0 Å². The molecular weight excluding hydrogens is 290 g/mol. The Morgan fingerprint density at radius 2 is 2.14 bits per heavy atom. The summed E-state index contributed by atoms with van der Waals surface area (Å²) in [6.07, 6.45) is 0.387. The average molecular weight is 302 g/mol. The molecular formula is C16H12ClNO3. The van der Waals surface area contributed by atoms with Crippen LogP contribution in [0.3, 0.4) is 0 Å². The molecule has 4 nitrogen and oxygen atoms in total. The molecule has 1 aromatic heterocycles. The predicted molar refractivity (Wildman–Crippen MR) is 79.6 cm³/mol. The van der Waals surface area contributed by atoms with E-state index in [0.717, 1.165) is 5.56 Å². The second kappa shape index (κ2) is 6.29. The summed E-state index contributed by atoms with van der Waals surface area (Å²) in [7, 11) is 0. The lowest BCUT2D eigenvalue weighted by atomic mass is 10.0. The van der Waals surface area contributed by atoms with Crippen molar-refractivity contribution in [3.05, 3.63) is 52.8 Å². The number of carbonyl (C=O) groups is 1. The molecule has 5 heteroatoms. The number of furan rings is 1. The van der Waals surface area contributed by atoms with Crippen molar-refractivity contribution >= 4 is 23.1 Å². The molecule has 0 saturated carbocycles. The summed E-state index contributed by atoms with van der Waals surface area (Å²) in [6, 6.07) is 12.2. The van der Waals surface area contributed by atoms with Gasteiger partial charge in [-0.15, -0.1) is 0 Å². The standard InChI is InChI=1S/C16H12ClNO3/c1-2-12(13(9-18)16(19)20)15-7-6-14(21-15)10-4-3-5-11(17)8-10/h3-8H,2H2,1H3,(H,19,20). The molecule has 0 amide bonds. The number of nitriles is 1. The molecule has 0 aliphatic rings. The molecule has 0 saturated heterocycles. The first-order chi connectivity index (χ1) is 10.1. The van der Waals surface area contributed by atoms with Gasteiger partial charge in [0.25, 0.3) is 0 Å². The fraction of sp³-hybridized carbons (Fsp3) is 0.125. The first kappa shape index (κ1) is 14.9. The van der Waals surface area contributed by atoms with Gasteiger partial charge in [-0.1, -0.05) is 30.7 Å². The summed E-state index contributed by atoms with van der Waals surface area (Å²) in [5.74, 6) is -0.303. The summed E-state index contributed by atoms with van der Waals surface area (Å²) >= 11 is 5.93. The monoisotopic (exact) mass is 301 g/mol. The van der Waals surface area contributed by atoms with Crippen LogP contribution in [0.2, 0.25) is 5.02 Å². The van der Waals surface area contributed by atoms with E-state index in [4.69, 9.17) is 26.4 Å². The summed E-state index contributed by atoms with van der Waals surface area (Å²) < 4.78 is 5.68. The third-order valence-electron chi connectivity index (χ3n) is 2.99. The van der Waals surface area contributed by atoms with E-state index < -0.39 is 5.97 Å². The summed E-state index contributed by atoms with van der Waals surface area (Å²) in [6.45, 7) is 1.77. The maximum absolute atomic E-state index is 11.1. The van der Waals surface area contributed by atoms with E-state index in [1.54, 1.807) is 43.3 Å². The third kappa shape index (κ3) is 3.15. The smallest absolute Gasteiger partial charge is 0.346 e. The van der Waals surface area contributed by atoms with Crippen LogP contribution in [0.4, 0.5) is 0 Å². The fourth-order valence-corrected chi connectivity index (χ4v) is 2.21. The van der Waals surface area contributed by atoms with Crippen molar-refractivity contribution in [1.29, 1.82) is 5.26 Å². The van der Waals surface area contributed by atoms with Crippen molar-refractivity contribution in [2.45, 2.75) is 13.3 Å². The highest BCUT2D eigenvalue weighted by Gasteiger charge is 2.17. The van der Waals surface area contributed by atoms with Crippen LogP contribution in [0.1, 0.15) is 19.1 Å². The largest absolute Gasteiger partial charge is 0.477 e.